The molecule has 0 aromatic rings. The number of carbonyl (C=O) groups excluding carboxylic acids is 1. The predicted molar refractivity (Wildman–Crippen MR) is 32.0 cm³/mol. The molecule has 0 saturated carbocycles. The number of hydrogen-bond donors (Lipinski definition) is 2. The molecule has 3 heteroatoms. The molecule has 0 aliphatic rings. The molecule has 0 saturated heterocycles. The molecule has 0 spiro atoms. The zero-order chi connectivity index (χ0) is 6.73. The average Bonchev–Trinajstić information content (AvgIpc) is 1.64. The lowest BCUT2D eigenvalue weighted by Crippen LogP contribution is -2.44. The summed E-state index contributed by atoms with van der Waals surface area (Å²) in [6.45, 7) is 4.79. The van der Waals surface area contributed by atoms with Crippen molar-refractivity contribution >= 4 is 5.78 Å². The largest absolute Gasteiger partial charge is 0.326 e. The van der Waals surface area contributed by atoms with Crippen molar-refractivity contribution in [2.24, 2.45) is 11.5 Å². The van der Waals surface area contributed by atoms with Gasteiger partial charge in [0.25, 0.3) is 0 Å². The molecule has 0 rings (SSSR count). The van der Waals surface area contributed by atoms with E-state index in [1.807, 2.05) is 0 Å². The summed E-state index contributed by atoms with van der Waals surface area (Å²) < 4.78 is 0. The van der Waals surface area contributed by atoms with Crippen LogP contribution in [0.15, 0.2) is 0 Å². The zero-order valence-corrected chi connectivity index (χ0v) is 4.92. The topological polar surface area (TPSA) is 69.1 Å². The highest BCUT2D eigenvalue weighted by Crippen LogP contribution is 1.84. The summed E-state index contributed by atoms with van der Waals surface area (Å²) >= 11 is 0. The van der Waals surface area contributed by atoms with Gasteiger partial charge in [-0.2, -0.15) is 0 Å². The maximum absolute atomic E-state index is 10.3. The Hall–Kier alpha value is -0.410. The van der Waals surface area contributed by atoms with Gasteiger partial charge >= 0.3 is 0 Å². The van der Waals surface area contributed by atoms with Crippen molar-refractivity contribution in [2.45, 2.75) is 19.0 Å². The van der Waals surface area contributed by atoms with E-state index in [1.54, 1.807) is 0 Å². The fraction of sp³-hybridized carbons (Fsp3) is 0.600. The first-order chi connectivity index (χ1) is 3.55. The van der Waals surface area contributed by atoms with Crippen molar-refractivity contribution in [1.29, 1.82) is 0 Å². The minimum absolute atomic E-state index is 0.118. The second-order valence-corrected chi connectivity index (χ2v) is 1.80. The van der Waals surface area contributed by atoms with Crippen molar-refractivity contribution in [3.8, 4) is 0 Å². The fourth-order valence-corrected chi connectivity index (χ4v) is 0.301. The third kappa shape index (κ3) is 2.04. The zero-order valence-electron chi connectivity index (χ0n) is 4.92. The average molecular weight is 115 g/mol. The van der Waals surface area contributed by atoms with Crippen molar-refractivity contribution in [3.63, 3.8) is 0 Å². The number of nitrogens with two attached hydrogens (primary N) is 2. The molecule has 0 aromatic carbocycles. The van der Waals surface area contributed by atoms with Crippen LogP contribution < -0.4 is 11.5 Å². The number of ketones is 1. The van der Waals surface area contributed by atoms with Crippen LogP contribution in [0.4, 0.5) is 0 Å². The highest BCUT2D eigenvalue weighted by molar-refractivity contribution is 5.82. The van der Waals surface area contributed by atoms with Crippen LogP contribution in [0.2, 0.25) is 0 Å². The first-order valence-electron chi connectivity index (χ1n) is 2.40. The van der Waals surface area contributed by atoms with Crippen molar-refractivity contribution in [1.82, 2.24) is 0 Å². The molecule has 47 valence electrons. The first-order valence-corrected chi connectivity index (χ1v) is 2.40. The van der Waals surface area contributed by atoms with Crippen LogP contribution in [-0.4, -0.2) is 17.9 Å². The van der Waals surface area contributed by atoms with Gasteiger partial charge in [0.1, 0.15) is 5.78 Å². The van der Waals surface area contributed by atoms with E-state index in [1.165, 1.54) is 6.92 Å². The second kappa shape index (κ2) is 2.79. The van der Waals surface area contributed by atoms with Gasteiger partial charge in [0.15, 0.2) is 0 Å². The molecule has 0 aliphatic heterocycles. The van der Waals surface area contributed by atoms with E-state index >= 15 is 0 Å². The number of rotatable bonds is 2. The molecule has 0 aromatic heterocycles. The number of carbonyl (C=O) groups is 1. The predicted octanol–water partition coefficient (Wildman–Crippen LogP) is -0.936. The summed E-state index contributed by atoms with van der Waals surface area (Å²) in [5.41, 5.74) is 10.4. The van der Waals surface area contributed by atoms with Crippen molar-refractivity contribution in [2.75, 3.05) is 0 Å². The summed E-state index contributed by atoms with van der Waals surface area (Å²) in [5.74, 6) is -0.118. The van der Waals surface area contributed by atoms with Crippen LogP contribution >= 0.6 is 0 Å². The number of Topliss-reactive ketones (excluding diaryl/α,β-unsaturated/α-hetero) is 1. The molecule has 0 bridgehead atoms. The van der Waals surface area contributed by atoms with Gasteiger partial charge < -0.3 is 11.5 Å². The summed E-state index contributed by atoms with van der Waals surface area (Å²) in [6.07, 6.45) is 0. The van der Waals surface area contributed by atoms with E-state index in [-0.39, 0.29) is 5.78 Å². The Bertz CT molecular complexity index is 90.4. The highest BCUT2D eigenvalue weighted by atomic mass is 16.1. The molecule has 3 nitrogen and oxygen atoms in total. The molecule has 0 amide bonds. The quantitative estimate of drug-likeness (QED) is 0.488. The van der Waals surface area contributed by atoms with E-state index < -0.39 is 12.1 Å². The van der Waals surface area contributed by atoms with E-state index in [2.05, 4.69) is 6.92 Å². The monoisotopic (exact) mass is 115 g/mol. The summed E-state index contributed by atoms with van der Waals surface area (Å²) in [7, 11) is 0. The summed E-state index contributed by atoms with van der Waals surface area (Å²) in [6, 6.07) is -1.08. The molecule has 0 fully saturated rings. The minimum Gasteiger partial charge on any atom is -0.326 e. The number of hydrogen-bond acceptors (Lipinski definition) is 3. The standard InChI is InChI=1S/C5H11N2O/c1-3(6)5(7)4(2)8/h3,5H,1,6-7H2,2H3. The minimum atomic E-state index is -0.602. The molecule has 2 unspecified atom stereocenters. The molecular weight excluding hydrogens is 104 g/mol. The van der Waals surface area contributed by atoms with Gasteiger partial charge in [-0.1, -0.05) is 0 Å². The van der Waals surface area contributed by atoms with Crippen LogP contribution in [0, 0.1) is 6.92 Å². The van der Waals surface area contributed by atoms with Crippen LogP contribution in [0.3, 0.4) is 0 Å². The van der Waals surface area contributed by atoms with Gasteiger partial charge in [-0.25, -0.2) is 0 Å². The van der Waals surface area contributed by atoms with E-state index in [0.29, 0.717) is 0 Å². The maximum atomic E-state index is 10.3. The Morgan fingerprint density at radius 2 is 2.00 bits per heavy atom. The molecule has 2 atom stereocenters. The lowest BCUT2D eigenvalue weighted by molar-refractivity contribution is -0.118. The van der Waals surface area contributed by atoms with Gasteiger partial charge in [-0.3, -0.25) is 4.79 Å². The Morgan fingerprint density at radius 3 is 2.00 bits per heavy atom. The van der Waals surface area contributed by atoms with Crippen LogP contribution in [-0.2, 0) is 4.79 Å². The Labute approximate surface area is 49.0 Å². The SMILES string of the molecule is [CH2]C(N)C(N)C(C)=O. The molecule has 4 N–H and O–H groups in total. The summed E-state index contributed by atoms with van der Waals surface area (Å²) in [4.78, 5) is 10.3. The van der Waals surface area contributed by atoms with Crippen LogP contribution in [0.1, 0.15) is 6.92 Å². The van der Waals surface area contributed by atoms with Gasteiger partial charge in [-0.15, -0.1) is 0 Å². The third-order valence-corrected chi connectivity index (χ3v) is 0.931. The molecule has 0 aliphatic carbocycles. The van der Waals surface area contributed by atoms with Gasteiger partial charge in [0, 0.05) is 6.04 Å². The molecule has 0 heterocycles. The van der Waals surface area contributed by atoms with Gasteiger partial charge in [0.2, 0.25) is 0 Å². The molecular formula is C5H11N2O. The molecule has 8 heavy (non-hydrogen) atoms. The second-order valence-electron chi connectivity index (χ2n) is 1.80. The van der Waals surface area contributed by atoms with Crippen LogP contribution in [0.25, 0.3) is 0 Å². The lowest BCUT2D eigenvalue weighted by atomic mass is 10.1. The van der Waals surface area contributed by atoms with Crippen molar-refractivity contribution < 1.29 is 4.79 Å². The van der Waals surface area contributed by atoms with E-state index in [0.717, 1.165) is 0 Å². The van der Waals surface area contributed by atoms with E-state index in [9.17, 15) is 4.79 Å². The Balaban J connectivity index is 3.64. The molecule has 1 radical (unpaired) electrons. The Kier molecular flexibility index (Phi) is 2.65. The summed E-state index contributed by atoms with van der Waals surface area (Å²) in [5, 5.41) is 0. The van der Waals surface area contributed by atoms with Crippen LogP contribution in [0.5, 0.6) is 0 Å². The highest BCUT2D eigenvalue weighted by Gasteiger charge is 2.11. The Morgan fingerprint density at radius 1 is 1.62 bits per heavy atom. The van der Waals surface area contributed by atoms with Gasteiger partial charge in [-0.05, 0) is 13.8 Å². The van der Waals surface area contributed by atoms with Crippen molar-refractivity contribution in [3.05, 3.63) is 6.92 Å². The van der Waals surface area contributed by atoms with Gasteiger partial charge in [0.05, 0.1) is 6.04 Å². The third-order valence-electron chi connectivity index (χ3n) is 0.931. The lowest BCUT2D eigenvalue weighted by Gasteiger charge is -2.09. The smallest absolute Gasteiger partial charge is 0.148 e. The fourth-order valence-electron chi connectivity index (χ4n) is 0.301. The first kappa shape index (κ1) is 7.59. The maximum Gasteiger partial charge on any atom is 0.148 e. The van der Waals surface area contributed by atoms with E-state index in [4.69, 9.17) is 11.5 Å². The normalized spacial score (nSPS) is 17.5.